The molecule has 1 aliphatic rings. The first-order chi connectivity index (χ1) is 5.15. The van der Waals surface area contributed by atoms with Gasteiger partial charge in [-0.15, -0.1) is 6.58 Å². The molecule has 0 radical (unpaired) electrons. The second-order valence-electron chi connectivity index (χ2n) is 3.33. The molecule has 2 heteroatoms. The van der Waals surface area contributed by atoms with Crippen molar-refractivity contribution in [3.8, 4) is 0 Å². The standard InChI is InChI=1S/C9H16O2/c1-4-8-9(11-8)5-6(2)7(3)10/h4,6-10H,1,5H2,2-3H3/t6?,7-,8?,9?/m0/s1. The fourth-order valence-electron chi connectivity index (χ4n) is 1.12. The molecule has 1 heterocycles. The lowest BCUT2D eigenvalue weighted by Crippen LogP contribution is -2.15. The Kier molecular flexibility index (Phi) is 2.68. The van der Waals surface area contributed by atoms with E-state index in [9.17, 15) is 5.11 Å². The van der Waals surface area contributed by atoms with Crippen molar-refractivity contribution in [1.29, 1.82) is 0 Å². The van der Waals surface area contributed by atoms with Gasteiger partial charge >= 0.3 is 0 Å². The molecule has 64 valence electrons. The van der Waals surface area contributed by atoms with Gasteiger partial charge in [-0.2, -0.15) is 0 Å². The molecule has 0 bridgehead atoms. The third-order valence-electron chi connectivity index (χ3n) is 2.28. The maximum atomic E-state index is 9.18. The van der Waals surface area contributed by atoms with Gasteiger partial charge in [-0.1, -0.05) is 13.0 Å². The molecule has 1 rings (SSSR count). The molecule has 0 amide bonds. The van der Waals surface area contributed by atoms with Gasteiger partial charge in [0.15, 0.2) is 0 Å². The van der Waals surface area contributed by atoms with Gasteiger partial charge in [-0.05, 0) is 19.3 Å². The van der Waals surface area contributed by atoms with E-state index in [1.807, 2.05) is 19.9 Å². The van der Waals surface area contributed by atoms with Crippen LogP contribution in [0.2, 0.25) is 0 Å². The lowest BCUT2D eigenvalue weighted by Gasteiger charge is -2.11. The molecule has 3 unspecified atom stereocenters. The first kappa shape index (κ1) is 8.75. The van der Waals surface area contributed by atoms with E-state index >= 15 is 0 Å². The van der Waals surface area contributed by atoms with Crippen molar-refractivity contribution in [2.45, 2.75) is 38.6 Å². The zero-order chi connectivity index (χ0) is 8.43. The van der Waals surface area contributed by atoms with Gasteiger partial charge < -0.3 is 9.84 Å². The van der Waals surface area contributed by atoms with Crippen molar-refractivity contribution in [1.82, 2.24) is 0 Å². The molecule has 2 nitrogen and oxygen atoms in total. The van der Waals surface area contributed by atoms with Crippen LogP contribution in [-0.4, -0.2) is 23.4 Å². The van der Waals surface area contributed by atoms with Crippen LogP contribution in [0.5, 0.6) is 0 Å². The molecule has 0 saturated carbocycles. The van der Waals surface area contributed by atoms with Crippen LogP contribution < -0.4 is 0 Å². The lowest BCUT2D eigenvalue weighted by molar-refractivity contribution is 0.124. The molecule has 1 N–H and O–H groups in total. The van der Waals surface area contributed by atoms with Crippen molar-refractivity contribution >= 4 is 0 Å². The molecular weight excluding hydrogens is 140 g/mol. The lowest BCUT2D eigenvalue weighted by atomic mass is 9.99. The molecule has 0 aromatic heterocycles. The Balaban J connectivity index is 2.17. The molecule has 0 spiro atoms. The summed E-state index contributed by atoms with van der Waals surface area (Å²) in [5.41, 5.74) is 0. The Bertz CT molecular complexity index is 142. The van der Waals surface area contributed by atoms with Crippen molar-refractivity contribution in [3.05, 3.63) is 12.7 Å². The minimum atomic E-state index is -0.232. The summed E-state index contributed by atoms with van der Waals surface area (Å²) >= 11 is 0. The number of rotatable bonds is 4. The van der Waals surface area contributed by atoms with Crippen LogP contribution in [0.15, 0.2) is 12.7 Å². The maximum Gasteiger partial charge on any atom is 0.102 e. The third-order valence-corrected chi connectivity index (χ3v) is 2.28. The van der Waals surface area contributed by atoms with Crippen LogP contribution in [0.25, 0.3) is 0 Å². The first-order valence-electron chi connectivity index (χ1n) is 4.11. The zero-order valence-corrected chi connectivity index (χ0v) is 7.16. The predicted molar refractivity (Wildman–Crippen MR) is 44.3 cm³/mol. The molecule has 0 aromatic carbocycles. The van der Waals surface area contributed by atoms with E-state index in [4.69, 9.17) is 4.74 Å². The van der Waals surface area contributed by atoms with Gasteiger partial charge in [0.05, 0.1) is 12.2 Å². The Hall–Kier alpha value is -0.340. The highest BCUT2D eigenvalue weighted by molar-refractivity contribution is 4.98. The number of ether oxygens (including phenoxy) is 1. The molecule has 1 fully saturated rings. The fraction of sp³-hybridized carbons (Fsp3) is 0.778. The Morgan fingerprint density at radius 3 is 2.64 bits per heavy atom. The molecule has 1 saturated heterocycles. The number of epoxide rings is 1. The summed E-state index contributed by atoms with van der Waals surface area (Å²) in [4.78, 5) is 0. The second kappa shape index (κ2) is 3.37. The number of hydrogen-bond acceptors (Lipinski definition) is 2. The van der Waals surface area contributed by atoms with Crippen LogP contribution in [0.4, 0.5) is 0 Å². The topological polar surface area (TPSA) is 32.8 Å². The van der Waals surface area contributed by atoms with Crippen LogP contribution in [0, 0.1) is 5.92 Å². The van der Waals surface area contributed by atoms with E-state index in [0.717, 1.165) is 6.42 Å². The van der Waals surface area contributed by atoms with Crippen LogP contribution in [0.1, 0.15) is 20.3 Å². The minimum absolute atomic E-state index is 0.232. The normalized spacial score (nSPS) is 34.5. The van der Waals surface area contributed by atoms with Crippen molar-refractivity contribution in [3.63, 3.8) is 0 Å². The Morgan fingerprint density at radius 1 is 1.64 bits per heavy atom. The molecule has 0 aliphatic carbocycles. The minimum Gasteiger partial charge on any atom is -0.393 e. The van der Waals surface area contributed by atoms with E-state index in [2.05, 4.69) is 6.58 Å². The predicted octanol–water partition coefficient (Wildman–Crippen LogP) is 1.35. The largest absolute Gasteiger partial charge is 0.393 e. The third kappa shape index (κ3) is 2.31. The molecule has 1 aliphatic heterocycles. The highest BCUT2D eigenvalue weighted by Gasteiger charge is 2.37. The Labute approximate surface area is 67.9 Å². The number of aliphatic hydroxyl groups is 1. The van der Waals surface area contributed by atoms with Gasteiger partial charge in [0.25, 0.3) is 0 Å². The van der Waals surface area contributed by atoms with Crippen LogP contribution in [-0.2, 0) is 4.74 Å². The van der Waals surface area contributed by atoms with Crippen LogP contribution in [0.3, 0.4) is 0 Å². The fourth-order valence-corrected chi connectivity index (χ4v) is 1.12. The summed E-state index contributed by atoms with van der Waals surface area (Å²) in [6, 6.07) is 0. The molecule has 4 atom stereocenters. The van der Waals surface area contributed by atoms with E-state index < -0.39 is 0 Å². The molecule has 11 heavy (non-hydrogen) atoms. The van der Waals surface area contributed by atoms with Crippen LogP contribution >= 0.6 is 0 Å². The van der Waals surface area contributed by atoms with Crippen molar-refractivity contribution in [2.24, 2.45) is 5.92 Å². The van der Waals surface area contributed by atoms with Gasteiger partial charge in [-0.3, -0.25) is 0 Å². The SMILES string of the molecule is C=CC1OC1CC(C)[C@H](C)O. The number of aliphatic hydroxyl groups excluding tert-OH is 1. The van der Waals surface area contributed by atoms with Gasteiger partial charge in [0.2, 0.25) is 0 Å². The average Bonchev–Trinajstić information content (AvgIpc) is 2.67. The monoisotopic (exact) mass is 156 g/mol. The summed E-state index contributed by atoms with van der Waals surface area (Å²) in [5, 5.41) is 9.18. The summed E-state index contributed by atoms with van der Waals surface area (Å²) in [6.45, 7) is 7.49. The quantitative estimate of drug-likeness (QED) is 0.492. The summed E-state index contributed by atoms with van der Waals surface area (Å²) in [5.74, 6) is 0.324. The maximum absolute atomic E-state index is 9.18. The highest BCUT2D eigenvalue weighted by atomic mass is 16.6. The molecular formula is C9H16O2. The smallest absolute Gasteiger partial charge is 0.102 e. The van der Waals surface area contributed by atoms with Crippen molar-refractivity contribution in [2.75, 3.05) is 0 Å². The highest BCUT2D eigenvalue weighted by Crippen LogP contribution is 2.29. The Morgan fingerprint density at radius 2 is 2.27 bits per heavy atom. The van der Waals surface area contributed by atoms with Gasteiger partial charge in [0.1, 0.15) is 6.10 Å². The first-order valence-corrected chi connectivity index (χ1v) is 4.11. The van der Waals surface area contributed by atoms with Gasteiger partial charge in [-0.25, -0.2) is 0 Å². The van der Waals surface area contributed by atoms with Crippen molar-refractivity contribution < 1.29 is 9.84 Å². The van der Waals surface area contributed by atoms with E-state index in [1.165, 1.54) is 0 Å². The second-order valence-corrected chi connectivity index (χ2v) is 3.33. The van der Waals surface area contributed by atoms with Gasteiger partial charge in [0, 0.05) is 0 Å². The summed E-state index contributed by atoms with van der Waals surface area (Å²) in [7, 11) is 0. The summed E-state index contributed by atoms with van der Waals surface area (Å²) in [6.07, 6.45) is 3.09. The number of hydrogen-bond donors (Lipinski definition) is 1. The summed E-state index contributed by atoms with van der Waals surface area (Å²) < 4.78 is 5.26. The van der Waals surface area contributed by atoms with E-state index in [-0.39, 0.29) is 12.2 Å². The average molecular weight is 156 g/mol. The van der Waals surface area contributed by atoms with E-state index in [1.54, 1.807) is 0 Å². The zero-order valence-electron chi connectivity index (χ0n) is 7.16. The molecule has 0 aromatic rings. The van der Waals surface area contributed by atoms with E-state index in [0.29, 0.717) is 12.0 Å².